The van der Waals surface area contributed by atoms with E-state index in [0.29, 0.717) is 24.9 Å². The van der Waals surface area contributed by atoms with Crippen molar-refractivity contribution in [2.45, 2.75) is 37.6 Å². The summed E-state index contributed by atoms with van der Waals surface area (Å²) in [4.78, 5) is 36.5. The molecule has 1 aliphatic heterocycles. The van der Waals surface area contributed by atoms with Gasteiger partial charge >= 0.3 is 12.0 Å². The Morgan fingerprint density at radius 2 is 1.87 bits per heavy atom. The maximum Gasteiger partial charge on any atom is 0.521 e. The number of rotatable bonds is 4. The second-order valence-corrected chi connectivity index (χ2v) is 7.11. The van der Waals surface area contributed by atoms with Crippen LogP contribution in [0.25, 0.3) is 0 Å². The predicted octanol–water partition coefficient (Wildman–Crippen LogP) is 3.47. The normalized spacial score (nSPS) is 26.5. The van der Waals surface area contributed by atoms with Crippen molar-refractivity contribution in [2.75, 3.05) is 6.54 Å². The van der Waals surface area contributed by atoms with Crippen molar-refractivity contribution in [1.29, 1.82) is 0 Å². The lowest BCUT2D eigenvalue weighted by Gasteiger charge is -2.32. The largest absolute Gasteiger partial charge is 0.521 e. The first-order valence-electron chi connectivity index (χ1n) is 7.71. The molecular formula is C17H21BrNO4+. The SMILES string of the molecule is CC(C(=O)[N+]1(C(=O)O)CCC[C@H]1C)C(Br)C(=O)c1ccccc1. The number of Topliss-reactive ketones (excluding diaryl/α,β-unsaturated/α-hetero) is 1. The molecule has 2 amide bonds. The molecule has 1 aliphatic rings. The van der Waals surface area contributed by atoms with Gasteiger partial charge in [0.05, 0.1) is 17.3 Å². The van der Waals surface area contributed by atoms with Crippen molar-refractivity contribution in [2.24, 2.45) is 5.92 Å². The van der Waals surface area contributed by atoms with Crippen LogP contribution < -0.4 is 0 Å². The van der Waals surface area contributed by atoms with Crippen LogP contribution >= 0.6 is 15.9 Å². The number of hydrogen-bond acceptors (Lipinski definition) is 3. The highest BCUT2D eigenvalue weighted by Crippen LogP contribution is 2.32. The van der Waals surface area contributed by atoms with Crippen LogP contribution in [-0.4, -0.2) is 44.8 Å². The average molecular weight is 383 g/mol. The number of hydrogen-bond donors (Lipinski definition) is 1. The molecule has 3 unspecified atom stereocenters. The summed E-state index contributed by atoms with van der Waals surface area (Å²) in [5, 5.41) is 9.64. The minimum absolute atomic E-state index is 0.207. The number of carboxylic acid groups (broad SMARTS) is 1. The Balaban J connectivity index is 2.25. The summed E-state index contributed by atoms with van der Waals surface area (Å²) in [6.45, 7) is 3.70. The Hall–Kier alpha value is -1.53. The average Bonchev–Trinajstić information content (AvgIpc) is 2.95. The molecule has 1 N–H and O–H groups in total. The molecule has 1 heterocycles. The van der Waals surface area contributed by atoms with Gasteiger partial charge in [0.25, 0.3) is 0 Å². The highest BCUT2D eigenvalue weighted by molar-refractivity contribution is 9.10. The summed E-state index contributed by atoms with van der Waals surface area (Å²) in [6.07, 6.45) is 0.272. The molecule has 0 radical (unpaired) electrons. The summed E-state index contributed by atoms with van der Waals surface area (Å²) in [5.41, 5.74) is 0.505. The zero-order chi connectivity index (χ0) is 17.2. The molecule has 1 aromatic rings. The molecule has 1 saturated heterocycles. The van der Waals surface area contributed by atoms with Gasteiger partial charge in [0.1, 0.15) is 6.04 Å². The number of likely N-dealkylation sites (tertiary alicyclic amines) is 1. The molecule has 2 rings (SSSR count). The van der Waals surface area contributed by atoms with E-state index in [4.69, 9.17) is 0 Å². The lowest BCUT2D eigenvalue weighted by molar-refractivity contribution is -0.794. The summed E-state index contributed by atoms with van der Waals surface area (Å²) >= 11 is 3.31. The third-order valence-electron chi connectivity index (χ3n) is 4.76. The van der Waals surface area contributed by atoms with Crippen LogP contribution in [0.1, 0.15) is 37.0 Å². The molecule has 0 aliphatic carbocycles. The Labute approximate surface area is 144 Å². The highest BCUT2D eigenvalue weighted by Gasteiger charge is 2.55. The number of benzene rings is 1. The first-order chi connectivity index (χ1) is 10.8. The number of amides is 2. The summed E-state index contributed by atoms with van der Waals surface area (Å²) in [7, 11) is 0. The van der Waals surface area contributed by atoms with Gasteiger partial charge in [-0.05, 0) is 13.8 Å². The van der Waals surface area contributed by atoms with Gasteiger partial charge in [0.2, 0.25) is 0 Å². The molecule has 0 aromatic heterocycles. The molecule has 0 bridgehead atoms. The van der Waals surface area contributed by atoms with Gasteiger partial charge in [-0.3, -0.25) is 4.79 Å². The van der Waals surface area contributed by atoms with E-state index in [9.17, 15) is 19.5 Å². The summed E-state index contributed by atoms with van der Waals surface area (Å²) in [5.74, 6) is -1.34. The fourth-order valence-corrected chi connectivity index (χ4v) is 3.75. The van der Waals surface area contributed by atoms with Crippen molar-refractivity contribution in [3.05, 3.63) is 35.9 Å². The standard InChI is InChI=1S/C17H20BrNO4/c1-11-7-6-10-19(11,17(22)23)16(21)12(2)14(18)15(20)13-8-4-3-5-9-13/h3-5,8-9,11-12,14H,6-7,10H2,1-2H3/p+1/t11-,12?,14?,19?/m1/s1. The van der Waals surface area contributed by atoms with Gasteiger partial charge in [0.15, 0.2) is 5.78 Å². The predicted molar refractivity (Wildman–Crippen MR) is 89.5 cm³/mol. The maximum absolute atomic E-state index is 12.9. The zero-order valence-electron chi connectivity index (χ0n) is 13.2. The molecule has 23 heavy (non-hydrogen) atoms. The topological polar surface area (TPSA) is 71.4 Å². The zero-order valence-corrected chi connectivity index (χ0v) is 14.8. The Bertz CT molecular complexity index is 618. The summed E-state index contributed by atoms with van der Waals surface area (Å²) in [6, 6.07) is 8.43. The van der Waals surface area contributed by atoms with E-state index in [0.717, 1.165) is 0 Å². The van der Waals surface area contributed by atoms with E-state index in [1.165, 1.54) is 0 Å². The Morgan fingerprint density at radius 1 is 1.26 bits per heavy atom. The Kier molecular flexibility index (Phi) is 5.37. The molecule has 4 atom stereocenters. The van der Waals surface area contributed by atoms with Crippen LogP contribution in [-0.2, 0) is 4.79 Å². The molecule has 1 fully saturated rings. The van der Waals surface area contributed by atoms with Gasteiger partial charge in [0, 0.05) is 18.4 Å². The lowest BCUT2D eigenvalue weighted by Crippen LogP contribution is -2.61. The van der Waals surface area contributed by atoms with Crippen LogP contribution in [0.2, 0.25) is 0 Å². The summed E-state index contributed by atoms with van der Waals surface area (Å²) < 4.78 is -0.578. The lowest BCUT2D eigenvalue weighted by atomic mass is 9.97. The van der Waals surface area contributed by atoms with Crippen LogP contribution in [0, 0.1) is 5.92 Å². The first kappa shape index (κ1) is 17.8. The van der Waals surface area contributed by atoms with Crippen molar-refractivity contribution in [3.8, 4) is 0 Å². The Morgan fingerprint density at radius 3 is 2.35 bits per heavy atom. The van der Waals surface area contributed by atoms with E-state index < -0.39 is 27.2 Å². The molecular weight excluding hydrogens is 362 g/mol. The second-order valence-electron chi connectivity index (χ2n) is 6.13. The fourth-order valence-electron chi connectivity index (χ4n) is 3.26. The third kappa shape index (κ3) is 3.10. The van der Waals surface area contributed by atoms with Gasteiger partial charge in [-0.1, -0.05) is 46.3 Å². The number of halogens is 1. The molecule has 5 nitrogen and oxygen atoms in total. The van der Waals surface area contributed by atoms with Crippen molar-refractivity contribution >= 4 is 33.7 Å². The van der Waals surface area contributed by atoms with Gasteiger partial charge < -0.3 is 5.11 Å². The number of carbonyl (C=O) groups is 3. The van der Waals surface area contributed by atoms with E-state index in [1.54, 1.807) is 38.1 Å². The first-order valence-corrected chi connectivity index (χ1v) is 8.63. The third-order valence-corrected chi connectivity index (χ3v) is 5.97. The number of nitrogens with zero attached hydrogens (tertiary/aromatic N) is 1. The van der Waals surface area contributed by atoms with Gasteiger partial charge in [-0.2, -0.15) is 9.28 Å². The molecule has 1 aromatic carbocycles. The van der Waals surface area contributed by atoms with Gasteiger partial charge in [-0.25, -0.2) is 4.79 Å². The van der Waals surface area contributed by atoms with E-state index in [1.807, 2.05) is 6.07 Å². The van der Waals surface area contributed by atoms with Gasteiger partial charge in [-0.15, -0.1) is 0 Å². The second kappa shape index (κ2) is 6.93. The van der Waals surface area contributed by atoms with Crippen molar-refractivity contribution in [3.63, 3.8) is 0 Å². The number of imide groups is 1. The number of ketones is 1. The van der Waals surface area contributed by atoms with Crippen LogP contribution in [0.4, 0.5) is 4.79 Å². The van der Waals surface area contributed by atoms with Crippen LogP contribution in [0.3, 0.4) is 0 Å². The molecule has 0 spiro atoms. The van der Waals surface area contributed by atoms with E-state index >= 15 is 0 Å². The number of carbonyl (C=O) groups excluding carboxylic acids is 2. The number of alkyl halides is 1. The molecule has 124 valence electrons. The van der Waals surface area contributed by atoms with E-state index in [-0.39, 0.29) is 11.8 Å². The minimum atomic E-state index is -1.13. The molecule has 6 heteroatoms. The van der Waals surface area contributed by atoms with Crippen molar-refractivity contribution < 1.29 is 24.0 Å². The van der Waals surface area contributed by atoms with Crippen LogP contribution in [0.5, 0.6) is 0 Å². The highest BCUT2D eigenvalue weighted by atomic mass is 79.9. The van der Waals surface area contributed by atoms with E-state index in [2.05, 4.69) is 15.9 Å². The molecule has 0 saturated carbocycles. The fraction of sp³-hybridized carbons (Fsp3) is 0.471. The minimum Gasteiger partial charge on any atom is -0.435 e. The van der Waals surface area contributed by atoms with Crippen molar-refractivity contribution in [1.82, 2.24) is 0 Å². The smallest absolute Gasteiger partial charge is 0.435 e. The van der Waals surface area contributed by atoms with Crippen LogP contribution in [0.15, 0.2) is 30.3 Å². The quantitative estimate of drug-likeness (QED) is 0.491. The number of quaternary nitrogens is 1. The maximum atomic E-state index is 12.9. The monoisotopic (exact) mass is 382 g/mol.